The Hall–Kier alpha value is -4.52. The van der Waals surface area contributed by atoms with E-state index in [0.29, 0.717) is 30.2 Å². The lowest BCUT2D eigenvalue weighted by molar-refractivity contribution is -0.128. The molecule has 7 nitrogen and oxygen atoms in total. The molecule has 0 radical (unpaired) electrons. The van der Waals surface area contributed by atoms with Gasteiger partial charge in [-0.3, -0.25) is 9.59 Å². The molecule has 234 valence electrons. The third-order valence-electron chi connectivity index (χ3n) is 5.65. The molecule has 1 amide bonds. The van der Waals surface area contributed by atoms with Crippen LogP contribution in [0.1, 0.15) is 68.8 Å². The van der Waals surface area contributed by atoms with Gasteiger partial charge in [0.1, 0.15) is 23.0 Å². The monoisotopic (exact) mass is 591 g/mol. The van der Waals surface area contributed by atoms with E-state index in [2.05, 4.69) is 23.9 Å². The van der Waals surface area contributed by atoms with Crippen LogP contribution in [0.15, 0.2) is 83.3 Å². The molecule has 0 saturated heterocycles. The first-order valence-corrected chi connectivity index (χ1v) is 14.7. The number of carbonyl (C=O) groups is 2. The minimum Gasteiger partial charge on any atom is -0.497 e. The van der Waals surface area contributed by atoms with Crippen LogP contribution in [-0.2, 0) is 16.0 Å². The van der Waals surface area contributed by atoms with Crippen LogP contribution in [-0.4, -0.2) is 33.2 Å². The summed E-state index contributed by atoms with van der Waals surface area (Å²) in [7, 11) is 3.30. The third kappa shape index (κ3) is 14.3. The van der Waals surface area contributed by atoms with Gasteiger partial charge in [-0.25, -0.2) is 0 Å². The van der Waals surface area contributed by atoms with Crippen molar-refractivity contribution in [3.05, 3.63) is 101 Å². The number of ether oxygens (including phenoxy) is 3. The molecule has 0 aliphatic carbocycles. The van der Waals surface area contributed by atoms with Crippen molar-refractivity contribution in [2.45, 2.75) is 61.8 Å². The summed E-state index contributed by atoms with van der Waals surface area (Å²) in [5, 5.41) is 2.91. The average Bonchev–Trinajstić information content (AvgIpc) is 3.46. The van der Waals surface area contributed by atoms with Gasteiger partial charge in [0.2, 0.25) is 0 Å². The van der Waals surface area contributed by atoms with Gasteiger partial charge < -0.3 is 23.9 Å². The number of rotatable bonds is 8. The van der Waals surface area contributed by atoms with E-state index in [0.717, 1.165) is 29.2 Å². The topological polar surface area (TPSA) is 87.0 Å². The van der Waals surface area contributed by atoms with Crippen molar-refractivity contribution in [3.8, 4) is 22.8 Å². The minimum atomic E-state index is -0.176. The van der Waals surface area contributed by atoms with Crippen LogP contribution in [0.3, 0.4) is 0 Å². The molecule has 1 N–H and O–H groups in total. The Morgan fingerprint density at radius 3 is 1.72 bits per heavy atom. The molecular formula is C36H49NO6. The Kier molecular flexibility index (Phi) is 20.7. The van der Waals surface area contributed by atoms with Gasteiger partial charge in [0.05, 0.1) is 26.4 Å². The number of carbonyl (C=O) groups excluding carboxylic acids is 2. The number of nitrogens with one attached hydrogen (secondary N) is 1. The van der Waals surface area contributed by atoms with Gasteiger partial charge in [-0.15, -0.1) is 0 Å². The SMILES string of the molecule is CC.CC.CCOC=O.CCc1ccc(NC(=O)c2cc(-c3ccc(OC)cc3)oc2C)cc1.COc1ccc(C)cc1. The maximum Gasteiger partial charge on any atom is 0.293 e. The summed E-state index contributed by atoms with van der Waals surface area (Å²) in [5.41, 5.74) is 4.70. The zero-order valence-electron chi connectivity index (χ0n) is 27.4. The van der Waals surface area contributed by atoms with Crippen molar-refractivity contribution in [3.63, 3.8) is 0 Å². The molecule has 1 aromatic heterocycles. The van der Waals surface area contributed by atoms with Crippen LogP contribution < -0.4 is 14.8 Å². The molecule has 1 heterocycles. The van der Waals surface area contributed by atoms with Gasteiger partial charge in [-0.05, 0) is 87.4 Å². The lowest BCUT2D eigenvalue weighted by atomic mass is 10.1. The van der Waals surface area contributed by atoms with Gasteiger partial charge in [0, 0.05) is 11.3 Å². The van der Waals surface area contributed by atoms with E-state index in [4.69, 9.17) is 13.9 Å². The highest BCUT2D eigenvalue weighted by molar-refractivity contribution is 6.05. The molecule has 4 rings (SSSR count). The standard InChI is InChI=1S/C21H21NO3.C8H10O.C3H6O2.2C2H6/c1-4-15-5-9-17(10-6-15)22-21(23)19-13-20(25-14(19)2)16-7-11-18(24-3)12-8-16;1-7-3-5-8(9-2)6-4-7;1-2-5-3-4;2*1-2/h5-13H,4H2,1-3H3,(H,22,23);3-6H,1-2H3;3H,2H2,1H3;2*1-2H3. The molecular weight excluding hydrogens is 542 g/mol. The third-order valence-corrected chi connectivity index (χ3v) is 5.65. The van der Waals surface area contributed by atoms with Crippen LogP contribution in [0.5, 0.6) is 11.5 Å². The van der Waals surface area contributed by atoms with Crippen LogP contribution in [0.4, 0.5) is 5.69 Å². The predicted molar refractivity (Wildman–Crippen MR) is 177 cm³/mol. The van der Waals surface area contributed by atoms with Crippen molar-refractivity contribution < 1.29 is 28.2 Å². The van der Waals surface area contributed by atoms with Crippen molar-refractivity contribution in [2.75, 3.05) is 26.1 Å². The largest absolute Gasteiger partial charge is 0.497 e. The van der Waals surface area contributed by atoms with Crippen LogP contribution in [0.2, 0.25) is 0 Å². The highest BCUT2D eigenvalue weighted by Gasteiger charge is 2.16. The van der Waals surface area contributed by atoms with Crippen LogP contribution in [0.25, 0.3) is 11.3 Å². The highest BCUT2D eigenvalue weighted by Crippen LogP contribution is 2.27. The summed E-state index contributed by atoms with van der Waals surface area (Å²) in [6.07, 6.45) is 0.973. The molecule has 3 aromatic carbocycles. The number of furan rings is 1. The predicted octanol–water partition coefficient (Wildman–Crippen LogP) is 9.31. The Morgan fingerprint density at radius 1 is 0.791 bits per heavy atom. The number of methoxy groups -OCH3 is 2. The highest BCUT2D eigenvalue weighted by atomic mass is 16.5. The number of benzene rings is 3. The van der Waals surface area contributed by atoms with Crippen molar-refractivity contribution >= 4 is 18.1 Å². The summed E-state index contributed by atoms with van der Waals surface area (Å²) in [4.78, 5) is 21.7. The van der Waals surface area contributed by atoms with Crippen LogP contribution in [0, 0.1) is 13.8 Å². The van der Waals surface area contributed by atoms with Gasteiger partial charge >= 0.3 is 0 Å². The van der Waals surface area contributed by atoms with Crippen molar-refractivity contribution in [1.29, 1.82) is 0 Å². The summed E-state index contributed by atoms with van der Waals surface area (Å²) in [6.45, 7) is 16.6. The molecule has 7 heteroatoms. The maximum absolute atomic E-state index is 12.5. The summed E-state index contributed by atoms with van der Waals surface area (Å²) in [6, 6.07) is 25.1. The van der Waals surface area contributed by atoms with Gasteiger partial charge in [-0.1, -0.05) is 64.4 Å². The number of amides is 1. The number of anilines is 1. The first-order chi connectivity index (χ1) is 20.8. The van der Waals surface area contributed by atoms with Gasteiger partial charge in [0.15, 0.2) is 0 Å². The number of hydrogen-bond donors (Lipinski definition) is 1. The summed E-state index contributed by atoms with van der Waals surface area (Å²) in [5.74, 6) is 2.77. The average molecular weight is 592 g/mol. The molecule has 0 saturated carbocycles. The molecule has 0 fully saturated rings. The van der Waals surface area contributed by atoms with Crippen LogP contribution >= 0.6 is 0 Å². The zero-order valence-corrected chi connectivity index (χ0v) is 27.4. The lowest BCUT2D eigenvalue weighted by Crippen LogP contribution is -2.12. The van der Waals surface area contributed by atoms with E-state index >= 15 is 0 Å². The fourth-order valence-corrected chi connectivity index (χ4v) is 3.37. The molecule has 0 aliphatic rings. The zero-order chi connectivity index (χ0) is 32.6. The minimum absolute atomic E-state index is 0.176. The van der Waals surface area contributed by atoms with E-state index in [1.54, 1.807) is 34.1 Å². The number of aryl methyl sites for hydroxylation is 3. The Morgan fingerprint density at radius 2 is 1.30 bits per heavy atom. The van der Waals surface area contributed by atoms with E-state index in [1.165, 1.54) is 11.1 Å². The molecule has 0 aliphatic heterocycles. The fraction of sp³-hybridized carbons (Fsp3) is 0.333. The normalized spacial score (nSPS) is 9.07. The summed E-state index contributed by atoms with van der Waals surface area (Å²) >= 11 is 0. The molecule has 0 spiro atoms. The molecule has 43 heavy (non-hydrogen) atoms. The Labute approximate surface area is 258 Å². The molecule has 0 atom stereocenters. The molecule has 0 bridgehead atoms. The molecule has 0 unspecified atom stereocenters. The smallest absolute Gasteiger partial charge is 0.293 e. The van der Waals surface area contributed by atoms with Gasteiger partial charge in [-0.2, -0.15) is 0 Å². The van der Waals surface area contributed by atoms with E-state index in [9.17, 15) is 9.59 Å². The second-order valence-electron chi connectivity index (χ2n) is 8.38. The lowest BCUT2D eigenvalue weighted by Gasteiger charge is -2.05. The molecule has 4 aromatic rings. The quantitative estimate of drug-likeness (QED) is 0.206. The first-order valence-electron chi connectivity index (χ1n) is 14.7. The second kappa shape index (κ2) is 23.1. The first kappa shape index (κ1) is 38.5. The summed E-state index contributed by atoms with van der Waals surface area (Å²) < 4.78 is 20.1. The number of hydrogen-bond acceptors (Lipinski definition) is 6. The van der Waals surface area contributed by atoms with Gasteiger partial charge in [0.25, 0.3) is 12.4 Å². The van der Waals surface area contributed by atoms with Crippen molar-refractivity contribution in [2.24, 2.45) is 0 Å². The van der Waals surface area contributed by atoms with E-state index < -0.39 is 0 Å². The Balaban J connectivity index is 0.000000806. The van der Waals surface area contributed by atoms with E-state index in [-0.39, 0.29) is 5.91 Å². The van der Waals surface area contributed by atoms with E-state index in [1.807, 2.05) is 100 Å². The fourth-order valence-electron chi connectivity index (χ4n) is 3.37. The van der Waals surface area contributed by atoms with Crippen molar-refractivity contribution in [1.82, 2.24) is 0 Å². The Bertz CT molecular complexity index is 1280. The maximum atomic E-state index is 12.5. The second-order valence-corrected chi connectivity index (χ2v) is 8.38.